The van der Waals surface area contributed by atoms with Gasteiger partial charge in [0.1, 0.15) is 23.4 Å². The van der Waals surface area contributed by atoms with Gasteiger partial charge in [0.25, 0.3) is 17.7 Å². The van der Waals surface area contributed by atoms with Crippen LogP contribution in [0.15, 0.2) is 54.7 Å². The fourth-order valence-corrected chi connectivity index (χ4v) is 8.19. The Bertz CT molecular complexity index is 1910. The molecule has 55 heavy (non-hydrogen) atoms. The van der Waals surface area contributed by atoms with Crippen molar-refractivity contribution >= 4 is 66.3 Å². The van der Waals surface area contributed by atoms with Gasteiger partial charge in [0.15, 0.2) is 5.69 Å². The molecular weight excluding hydrogens is 776 g/mol. The van der Waals surface area contributed by atoms with Crippen LogP contribution in [0.5, 0.6) is 5.75 Å². The summed E-state index contributed by atoms with van der Waals surface area (Å²) in [6.07, 6.45) is 0.939. The number of aromatic nitrogens is 2. The maximum absolute atomic E-state index is 14.3. The normalized spacial score (nSPS) is 16.0. The van der Waals surface area contributed by atoms with Crippen molar-refractivity contribution in [2.24, 2.45) is 5.92 Å². The summed E-state index contributed by atoms with van der Waals surface area (Å²) in [7, 11) is -2.63. The molecule has 298 valence electrons. The van der Waals surface area contributed by atoms with Crippen LogP contribution in [0.3, 0.4) is 0 Å². The number of nitrogens with one attached hydrogen (secondary N) is 4. The maximum atomic E-state index is 14.3. The summed E-state index contributed by atoms with van der Waals surface area (Å²) in [4.78, 5) is 66.0. The van der Waals surface area contributed by atoms with Gasteiger partial charge in [0.05, 0.1) is 34.6 Å². The van der Waals surface area contributed by atoms with Crippen molar-refractivity contribution in [2.45, 2.75) is 78.1 Å². The second-order valence-corrected chi connectivity index (χ2v) is 17.0. The molecule has 1 unspecified atom stereocenters. The number of hydrogen-bond donors (Lipinski definition) is 4. The van der Waals surface area contributed by atoms with Gasteiger partial charge in [-0.25, -0.2) is 23.8 Å². The Morgan fingerprint density at radius 3 is 2.11 bits per heavy atom. The Labute approximate surface area is 329 Å². The van der Waals surface area contributed by atoms with E-state index in [-0.39, 0.29) is 40.1 Å². The monoisotopic (exact) mass is 821 g/mol. The Hall–Kier alpha value is -4.47. The van der Waals surface area contributed by atoms with E-state index in [1.807, 2.05) is 0 Å². The van der Waals surface area contributed by atoms with Gasteiger partial charge in [-0.15, -0.1) is 0 Å². The van der Waals surface area contributed by atoms with Crippen LogP contribution in [0.4, 0.5) is 10.5 Å². The average molecular weight is 823 g/mol. The predicted octanol–water partition coefficient (Wildman–Crippen LogP) is 6.16. The van der Waals surface area contributed by atoms with Crippen molar-refractivity contribution < 1.29 is 42.5 Å². The zero-order chi connectivity index (χ0) is 40.7. The molecule has 3 aromatic rings. The highest BCUT2D eigenvalue weighted by Gasteiger charge is 2.40. The van der Waals surface area contributed by atoms with Gasteiger partial charge in [-0.2, -0.15) is 5.10 Å². The summed E-state index contributed by atoms with van der Waals surface area (Å²) in [5.41, 5.74) is -1.33. The van der Waals surface area contributed by atoms with Gasteiger partial charge in [0, 0.05) is 19.1 Å². The van der Waals surface area contributed by atoms with Crippen LogP contribution in [-0.4, -0.2) is 88.2 Å². The van der Waals surface area contributed by atoms with Crippen molar-refractivity contribution in [2.75, 3.05) is 25.5 Å². The van der Waals surface area contributed by atoms with E-state index in [0.29, 0.717) is 18.6 Å². The van der Waals surface area contributed by atoms with Gasteiger partial charge in [-0.05, 0) is 70.7 Å². The van der Waals surface area contributed by atoms with E-state index in [0.717, 1.165) is 4.68 Å². The van der Waals surface area contributed by atoms with E-state index in [4.69, 9.17) is 37.2 Å². The van der Waals surface area contributed by atoms with Gasteiger partial charge in [0.2, 0.25) is 0 Å². The van der Waals surface area contributed by atoms with Crippen molar-refractivity contribution in [3.05, 3.63) is 76.0 Å². The van der Waals surface area contributed by atoms with E-state index in [2.05, 4.69) is 26.1 Å². The molecule has 1 aliphatic heterocycles. The zero-order valence-corrected chi connectivity index (χ0v) is 34.0. The summed E-state index contributed by atoms with van der Waals surface area (Å²) in [5, 5.41) is 15.2. The van der Waals surface area contributed by atoms with Crippen LogP contribution in [-0.2, 0) is 18.8 Å². The Balaban J connectivity index is 1.58. The molecule has 4 N–H and O–H groups in total. The first-order valence-electron chi connectivity index (χ1n) is 17.5. The number of ether oxygens (including phenoxy) is 2. The minimum Gasteiger partial charge on any atom is -0.468 e. The minimum atomic E-state index is -3.86. The molecule has 16 nitrogen and oxygen atoms in total. The van der Waals surface area contributed by atoms with Crippen LogP contribution in [0.25, 0.3) is 0 Å². The van der Waals surface area contributed by atoms with E-state index in [1.54, 1.807) is 75.7 Å². The quantitative estimate of drug-likeness (QED) is 0.113. The van der Waals surface area contributed by atoms with Gasteiger partial charge in [-0.1, -0.05) is 61.3 Å². The number of para-hydroxylation sites is 1. The van der Waals surface area contributed by atoms with E-state index in [1.165, 1.54) is 32.4 Å². The third-order valence-corrected chi connectivity index (χ3v) is 11.2. The summed E-state index contributed by atoms with van der Waals surface area (Å²) in [6.45, 7) is 10.3. The van der Waals surface area contributed by atoms with Crippen LogP contribution in [0, 0.1) is 5.92 Å². The lowest BCUT2D eigenvalue weighted by atomic mass is 10.0. The molecule has 19 heteroatoms. The second-order valence-electron chi connectivity index (χ2n) is 14.1. The topological polar surface area (TPSA) is 199 Å². The molecule has 1 aromatic heterocycles. The first kappa shape index (κ1) is 43.3. The molecule has 0 saturated carbocycles. The van der Waals surface area contributed by atoms with Gasteiger partial charge < -0.3 is 29.9 Å². The van der Waals surface area contributed by atoms with E-state index >= 15 is 0 Å². The Morgan fingerprint density at radius 2 is 1.55 bits per heavy atom. The highest BCUT2D eigenvalue weighted by molar-refractivity contribution is 7.54. The summed E-state index contributed by atoms with van der Waals surface area (Å²) in [6, 6.07) is 10.5. The maximum Gasteiger partial charge on any atom is 0.408 e. The van der Waals surface area contributed by atoms with Crippen LogP contribution >= 0.6 is 30.9 Å². The number of carbonyl (C=O) groups is 5. The van der Waals surface area contributed by atoms with Crippen molar-refractivity contribution in [3.63, 3.8) is 0 Å². The highest BCUT2D eigenvalue weighted by atomic mass is 35.5. The molecule has 2 heterocycles. The molecule has 1 fully saturated rings. The molecule has 0 bridgehead atoms. The average Bonchev–Trinajstić information content (AvgIpc) is 3.53. The first-order valence-corrected chi connectivity index (χ1v) is 19.8. The molecule has 4 rings (SSSR count). The summed E-state index contributed by atoms with van der Waals surface area (Å²) in [5.74, 6) is -2.93. The fraction of sp³-hybridized carbons (Fsp3) is 0.444. The molecule has 2 aromatic carbocycles. The molecule has 1 aliphatic rings. The number of benzene rings is 2. The second kappa shape index (κ2) is 18.4. The van der Waals surface area contributed by atoms with Gasteiger partial charge in [-0.3, -0.25) is 19.2 Å². The number of rotatable bonds is 13. The summed E-state index contributed by atoms with van der Waals surface area (Å²) < 4.78 is 32.8. The van der Waals surface area contributed by atoms with Crippen LogP contribution < -0.4 is 25.6 Å². The molecule has 0 radical (unpaired) electrons. The van der Waals surface area contributed by atoms with Crippen molar-refractivity contribution in [1.29, 1.82) is 0 Å². The Kier molecular flexibility index (Phi) is 14.5. The van der Waals surface area contributed by atoms with Crippen LogP contribution in [0.2, 0.25) is 10.0 Å². The number of alkyl carbamates (subject to hydrolysis) is 1. The molecular formula is C36H46Cl2N7O9P. The molecule has 3 atom stereocenters. The largest absolute Gasteiger partial charge is 0.468 e. The van der Waals surface area contributed by atoms with E-state index < -0.39 is 67.1 Å². The zero-order valence-electron chi connectivity index (χ0n) is 31.6. The number of halogens is 2. The molecule has 3 amide bonds. The number of piperidine rings is 1. The number of esters is 1. The molecule has 0 aliphatic carbocycles. The molecule has 1 saturated heterocycles. The minimum absolute atomic E-state index is 0.0525. The standard InChI is InChI=1S/C36H46Cl2N7O9P/c1-21(2)29(41-35(50)53-36(4,5)6)33(48)45-20-27(40-31(46)28-25(37)14-11-15-26(28)38)30(42-45)32(47)39-23-16-18-44(19-17-23)55(51,43-22(3)34(49)52-7)54-24-12-9-8-10-13-24/h8-15,20-23,29H,16-19H2,1-7H3,(H,39,47)(H,40,46)(H,41,50)(H,43,51)/t22-,29-,55?/m0/s1. The number of nitrogens with zero attached hydrogens (tertiary/aromatic N) is 3. The van der Waals surface area contributed by atoms with Crippen molar-refractivity contribution in [3.8, 4) is 5.75 Å². The fourth-order valence-electron chi connectivity index (χ4n) is 5.53. The molecule has 0 spiro atoms. The third kappa shape index (κ3) is 11.5. The lowest BCUT2D eigenvalue weighted by Crippen LogP contribution is -2.48. The predicted molar refractivity (Wildman–Crippen MR) is 207 cm³/mol. The highest BCUT2D eigenvalue weighted by Crippen LogP contribution is 2.48. The lowest BCUT2D eigenvalue weighted by Gasteiger charge is -2.37. The van der Waals surface area contributed by atoms with E-state index in [9.17, 15) is 28.5 Å². The number of amides is 3. The Morgan fingerprint density at radius 1 is 0.927 bits per heavy atom. The number of anilines is 1. The smallest absolute Gasteiger partial charge is 0.408 e. The van der Waals surface area contributed by atoms with Gasteiger partial charge >= 0.3 is 19.7 Å². The van der Waals surface area contributed by atoms with Crippen molar-refractivity contribution in [1.82, 2.24) is 30.2 Å². The third-order valence-electron chi connectivity index (χ3n) is 8.26. The number of carbonyl (C=O) groups excluding carboxylic acids is 5. The number of methoxy groups -OCH3 is 1. The van der Waals surface area contributed by atoms with Crippen LogP contribution in [0.1, 0.15) is 80.0 Å². The summed E-state index contributed by atoms with van der Waals surface area (Å²) >= 11 is 12.6. The SMILES string of the molecule is COC(=O)[C@H](C)NP(=O)(Oc1ccccc1)N1CCC(NC(=O)c2nn(C(=O)[C@@H](NC(=O)OC(C)(C)C)C(C)C)cc2NC(=O)c2c(Cl)cccc2Cl)CC1. The number of hydrogen-bond acceptors (Lipinski definition) is 10. The first-order chi connectivity index (χ1) is 25.8. The lowest BCUT2D eigenvalue weighted by molar-refractivity contribution is -0.142.